The minimum absolute atomic E-state index is 0.124. The molecule has 1 amide bonds. The van der Waals surface area contributed by atoms with E-state index in [9.17, 15) is 14.7 Å². The Morgan fingerprint density at radius 1 is 1.38 bits per heavy atom. The monoisotopic (exact) mass is 335 g/mol. The van der Waals surface area contributed by atoms with Crippen LogP contribution in [0.25, 0.3) is 0 Å². The number of carbonyl (C=O) groups is 2. The molecule has 2 rings (SSSR count). The molecule has 1 saturated heterocycles. The van der Waals surface area contributed by atoms with Gasteiger partial charge in [0.1, 0.15) is 6.04 Å². The Morgan fingerprint density at radius 3 is 2.75 bits per heavy atom. The maximum atomic E-state index is 12.4. The van der Waals surface area contributed by atoms with Gasteiger partial charge < -0.3 is 19.5 Å². The lowest BCUT2D eigenvalue weighted by Gasteiger charge is -2.27. The molecule has 0 spiro atoms. The zero-order valence-electron chi connectivity index (χ0n) is 14.0. The molecule has 0 saturated carbocycles. The van der Waals surface area contributed by atoms with Gasteiger partial charge in [0.2, 0.25) is 5.91 Å². The molecule has 1 aliphatic rings. The van der Waals surface area contributed by atoms with Crippen molar-refractivity contribution in [1.82, 2.24) is 4.90 Å². The lowest BCUT2D eigenvalue weighted by atomic mass is 10.1. The summed E-state index contributed by atoms with van der Waals surface area (Å²) in [5.41, 5.74) is 0.902. The van der Waals surface area contributed by atoms with E-state index in [2.05, 4.69) is 0 Å². The molecule has 6 nitrogen and oxygen atoms in total. The first-order valence-corrected chi connectivity index (χ1v) is 8.33. The largest absolute Gasteiger partial charge is 0.480 e. The van der Waals surface area contributed by atoms with Crippen molar-refractivity contribution in [2.24, 2.45) is 0 Å². The Bertz CT molecular complexity index is 527. The molecule has 2 unspecified atom stereocenters. The number of rotatable bonds is 9. The van der Waals surface area contributed by atoms with Gasteiger partial charge in [-0.15, -0.1) is 0 Å². The third-order valence-corrected chi connectivity index (χ3v) is 4.13. The zero-order chi connectivity index (χ0) is 17.4. The molecule has 24 heavy (non-hydrogen) atoms. The van der Waals surface area contributed by atoms with E-state index in [1.54, 1.807) is 0 Å². The van der Waals surface area contributed by atoms with E-state index in [4.69, 9.17) is 9.47 Å². The predicted octanol–water partition coefficient (Wildman–Crippen LogP) is 2.07. The van der Waals surface area contributed by atoms with Gasteiger partial charge in [0.15, 0.2) is 0 Å². The minimum Gasteiger partial charge on any atom is -0.480 e. The van der Waals surface area contributed by atoms with Crippen LogP contribution in [0.2, 0.25) is 0 Å². The highest BCUT2D eigenvalue weighted by atomic mass is 16.5. The summed E-state index contributed by atoms with van der Waals surface area (Å²) in [6.07, 6.45) is 2.33. The fourth-order valence-corrected chi connectivity index (χ4v) is 2.65. The summed E-state index contributed by atoms with van der Waals surface area (Å²) in [6.45, 7) is 3.33. The van der Waals surface area contributed by atoms with E-state index in [1.807, 2.05) is 30.3 Å². The van der Waals surface area contributed by atoms with Crippen LogP contribution in [0.4, 0.5) is 0 Å². The molecule has 1 aromatic rings. The Hall–Kier alpha value is -1.92. The molecule has 0 aliphatic carbocycles. The van der Waals surface area contributed by atoms with Crippen LogP contribution >= 0.6 is 0 Å². The van der Waals surface area contributed by atoms with E-state index < -0.39 is 12.0 Å². The van der Waals surface area contributed by atoms with Gasteiger partial charge >= 0.3 is 5.97 Å². The second-order valence-electron chi connectivity index (χ2n) is 5.98. The molecule has 2 atom stereocenters. The van der Waals surface area contributed by atoms with Crippen LogP contribution in [0.1, 0.15) is 31.7 Å². The van der Waals surface area contributed by atoms with Crippen LogP contribution in [-0.4, -0.2) is 53.8 Å². The highest BCUT2D eigenvalue weighted by Crippen LogP contribution is 2.13. The Morgan fingerprint density at radius 2 is 2.12 bits per heavy atom. The minimum atomic E-state index is -1.01. The quantitative estimate of drug-likeness (QED) is 0.699. The van der Waals surface area contributed by atoms with E-state index in [0.717, 1.165) is 25.0 Å². The summed E-state index contributed by atoms with van der Waals surface area (Å²) >= 11 is 0. The summed E-state index contributed by atoms with van der Waals surface area (Å²) in [7, 11) is 0. The van der Waals surface area contributed by atoms with Gasteiger partial charge in [0, 0.05) is 13.2 Å². The van der Waals surface area contributed by atoms with Crippen molar-refractivity contribution < 1.29 is 24.2 Å². The number of benzene rings is 1. The fourth-order valence-electron chi connectivity index (χ4n) is 2.65. The molecule has 0 radical (unpaired) electrons. The summed E-state index contributed by atoms with van der Waals surface area (Å²) in [4.78, 5) is 25.1. The van der Waals surface area contributed by atoms with Crippen LogP contribution in [0.5, 0.6) is 0 Å². The number of nitrogens with zero attached hydrogens (tertiary/aromatic N) is 1. The molecule has 1 aromatic carbocycles. The van der Waals surface area contributed by atoms with E-state index in [1.165, 1.54) is 11.8 Å². The highest BCUT2D eigenvalue weighted by Gasteiger charge is 2.25. The van der Waals surface area contributed by atoms with Crippen LogP contribution in [0, 0.1) is 0 Å². The van der Waals surface area contributed by atoms with Crippen molar-refractivity contribution in [3.8, 4) is 0 Å². The van der Waals surface area contributed by atoms with Gasteiger partial charge in [-0.25, -0.2) is 4.79 Å². The first-order valence-electron chi connectivity index (χ1n) is 8.33. The third-order valence-electron chi connectivity index (χ3n) is 4.13. The summed E-state index contributed by atoms with van der Waals surface area (Å²) in [5.74, 6) is -1.24. The number of carboxylic acid groups (broad SMARTS) is 1. The Labute approximate surface area is 142 Å². The maximum absolute atomic E-state index is 12.4. The fraction of sp³-hybridized carbons (Fsp3) is 0.556. The van der Waals surface area contributed by atoms with E-state index in [-0.39, 0.29) is 31.6 Å². The number of hydrogen-bond acceptors (Lipinski definition) is 4. The molecule has 6 heteroatoms. The van der Waals surface area contributed by atoms with Gasteiger partial charge in [-0.3, -0.25) is 4.79 Å². The average Bonchev–Trinajstić information content (AvgIpc) is 3.10. The number of hydrogen-bond donors (Lipinski definition) is 1. The SMILES string of the molecule is CC(C(=O)O)N(Cc1ccccc1)C(=O)CCOCC1CCCO1. The number of carbonyl (C=O) groups excluding carboxylic acids is 1. The number of carboxylic acids is 1. The van der Waals surface area contributed by atoms with Crippen molar-refractivity contribution in [2.45, 2.75) is 44.9 Å². The Kier molecular flexibility index (Phi) is 7.21. The van der Waals surface area contributed by atoms with Crippen LogP contribution in [0.3, 0.4) is 0 Å². The summed E-state index contributed by atoms with van der Waals surface area (Å²) < 4.78 is 11.0. The van der Waals surface area contributed by atoms with Crippen LogP contribution in [0.15, 0.2) is 30.3 Å². The van der Waals surface area contributed by atoms with Gasteiger partial charge in [-0.1, -0.05) is 30.3 Å². The van der Waals surface area contributed by atoms with Gasteiger partial charge in [-0.05, 0) is 25.3 Å². The smallest absolute Gasteiger partial charge is 0.326 e. The Balaban J connectivity index is 1.85. The molecule has 132 valence electrons. The van der Waals surface area contributed by atoms with Crippen LogP contribution < -0.4 is 0 Å². The predicted molar refractivity (Wildman–Crippen MR) is 88.5 cm³/mol. The highest BCUT2D eigenvalue weighted by molar-refractivity contribution is 5.83. The molecule has 1 fully saturated rings. The molecule has 1 aliphatic heterocycles. The first kappa shape index (κ1) is 18.4. The topological polar surface area (TPSA) is 76.1 Å². The van der Waals surface area contributed by atoms with Crippen molar-refractivity contribution in [3.05, 3.63) is 35.9 Å². The van der Waals surface area contributed by atoms with Crippen molar-refractivity contribution in [2.75, 3.05) is 19.8 Å². The molecular weight excluding hydrogens is 310 g/mol. The van der Waals surface area contributed by atoms with E-state index in [0.29, 0.717) is 6.61 Å². The number of ether oxygens (including phenoxy) is 2. The normalized spacial score (nSPS) is 18.3. The van der Waals surface area contributed by atoms with Crippen molar-refractivity contribution in [3.63, 3.8) is 0 Å². The second kappa shape index (κ2) is 9.39. The molecule has 1 heterocycles. The van der Waals surface area contributed by atoms with Crippen molar-refractivity contribution >= 4 is 11.9 Å². The molecule has 0 aromatic heterocycles. The van der Waals surface area contributed by atoms with Gasteiger partial charge in [0.05, 0.1) is 25.7 Å². The van der Waals surface area contributed by atoms with Gasteiger partial charge in [0.25, 0.3) is 0 Å². The first-order chi connectivity index (χ1) is 11.6. The van der Waals surface area contributed by atoms with Crippen LogP contribution in [-0.2, 0) is 25.6 Å². The average molecular weight is 335 g/mol. The van der Waals surface area contributed by atoms with Gasteiger partial charge in [-0.2, -0.15) is 0 Å². The summed E-state index contributed by atoms with van der Waals surface area (Å²) in [5, 5.41) is 9.25. The zero-order valence-corrected chi connectivity index (χ0v) is 14.0. The number of amides is 1. The lowest BCUT2D eigenvalue weighted by Crippen LogP contribution is -2.43. The third kappa shape index (κ3) is 5.62. The van der Waals surface area contributed by atoms with E-state index >= 15 is 0 Å². The maximum Gasteiger partial charge on any atom is 0.326 e. The standard InChI is InChI=1S/C18H25NO5/c1-14(18(21)22)19(12-15-6-3-2-4-7-15)17(20)9-11-23-13-16-8-5-10-24-16/h2-4,6-7,14,16H,5,8-13H2,1H3,(H,21,22). The van der Waals surface area contributed by atoms with Crippen molar-refractivity contribution in [1.29, 1.82) is 0 Å². The second-order valence-corrected chi connectivity index (χ2v) is 5.98. The number of aliphatic carboxylic acids is 1. The summed E-state index contributed by atoms with van der Waals surface area (Å²) in [6, 6.07) is 8.50. The molecular formula is C18H25NO5. The molecule has 0 bridgehead atoms. The molecule has 1 N–H and O–H groups in total. The lowest BCUT2D eigenvalue weighted by molar-refractivity contribution is -0.150.